The highest BCUT2D eigenvalue weighted by atomic mass is 19.4. The minimum absolute atomic E-state index is 0.0596. The van der Waals surface area contributed by atoms with E-state index in [0.29, 0.717) is 12.5 Å². The molecule has 1 aliphatic carbocycles. The van der Waals surface area contributed by atoms with Crippen LogP contribution in [-0.2, 0) is 6.18 Å². The van der Waals surface area contributed by atoms with Crippen LogP contribution in [0.15, 0.2) is 18.2 Å². The van der Waals surface area contributed by atoms with E-state index in [0.717, 1.165) is 24.6 Å². The molecule has 0 spiro atoms. The van der Waals surface area contributed by atoms with Gasteiger partial charge in [0.15, 0.2) is 0 Å². The van der Waals surface area contributed by atoms with Gasteiger partial charge in [-0.2, -0.15) is 13.2 Å². The van der Waals surface area contributed by atoms with E-state index >= 15 is 0 Å². The molecule has 5 heteroatoms. The zero-order valence-electron chi connectivity index (χ0n) is 11.3. The van der Waals surface area contributed by atoms with Gasteiger partial charge in [0.2, 0.25) is 0 Å². The molecular weight excluding hydrogens is 270 g/mol. The summed E-state index contributed by atoms with van der Waals surface area (Å²) in [6, 6.07) is 2.48. The maximum absolute atomic E-state index is 13.5. The maximum atomic E-state index is 13.5. The molecule has 0 atom stereocenters. The van der Waals surface area contributed by atoms with E-state index in [1.165, 1.54) is 32.1 Å². The third-order valence-corrected chi connectivity index (χ3v) is 3.89. The van der Waals surface area contributed by atoms with Crippen molar-refractivity contribution in [3.8, 4) is 0 Å². The van der Waals surface area contributed by atoms with Crippen molar-refractivity contribution in [2.24, 2.45) is 5.92 Å². The van der Waals surface area contributed by atoms with Crippen molar-refractivity contribution in [1.29, 1.82) is 0 Å². The van der Waals surface area contributed by atoms with E-state index < -0.39 is 17.6 Å². The lowest BCUT2D eigenvalue weighted by molar-refractivity contribution is -0.137. The van der Waals surface area contributed by atoms with Crippen molar-refractivity contribution in [2.45, 2.75) is 44.7 Å². The largest absolute Gasteiger partial charge is 0.416 e. The lowest BCUT2D eigenvalue weighted by Gasteiger charge is -2.21. The Bertz CT molecular complexity index is 436. The molecule has 112 valence electrons. The number of rotatable bonds is 4. The fourth-order valence-electron chi connectivity index (χ4n) is 2.72. The summed E-state index contributed by atoms with van der Waals surface area (Å²) in [6.07, 6.45) is 2.51. The van der Waals surface area contributed by atoms with Gasteiger partial charge in [0.1, 0.15) is 5.82 Å². The SMILES string of the molecule is Fc1ccc(C(F)(F)F)cc1NCCC1CCCCC1. The van der Waals surface area contributed by atoms with Gasteiger partial charge >= 0.3 is 6.18 Å². The van der Waals surface area contributed by atoms with Crippen LogP contribution in [-0.4, -0.2) is 6.54 Å². The number of alkyl halides is 3. The molecule has 1 fully saturated rings. The lowest BCUT2D eigenvalue weighted by atomic mass is 9.87. The number of halogens is 4. The zero-order valence-corrected chi connectivity index (χ0v) is 11.3. The second-order valence-corrected chi connectivity index (χ2v) is 5.41. The lowest BCUT2D eigenvalue weighted by Crippen LogP contribution is -2.13. The Morgan fingerprint density at radius 3 is 2.45 bits per heavy atom. The van der Waals surface area contributed by atoms with Crippen molar-refractivity contribution in [3.05, 3.63) is 29.6 Å². The molecule has 0 saturated heterocycles. The van der Waals surface area contributed by atoms with E-state index in [1.807, 2.05) is 0 Å². The molecule has 2 rings (SSSR count). The van der Waals surface area contributed by atoms with Gasteiger partial charge in [-0.25, -0.2) is 4.39 Å². The summed E-state index contributed by atoms with van der Waals surface area (Å²) in [4.78, 5) is 0. The number of hydrogen-bond donors (Lipinski definition) is 1. The van der Waals surface area contributed by atoms with Crippen LogP contribution in [0.25, 0.3) is 0 Å². The summed E-state index contributed by atoms with van der Waals surface area (Å²) in [7, 11) is 0. The molecule has 1 aromatic rings. The molecule has 0 aliphatic heterocycles. The van der Waals surface area contributed by atoms with Crippen LogP contribution >= 0.6 is 0 Å². The van der Waals surface area contributed by atoms with E-state index in [4.69, 9.17) is 0 Å². The highest BCUT2D eigenvalue weighted by Gasteiger charge is 2.31. The van der Waals surface area contributed by atoms with Crippen LogP contribution in [0.5, 0.6) is 0 Å². The molecular formula is C15H19F4N. The summed E-state index contributed by atoms with van der Waals surface area (Å²) in [5.41, 5.74) is -0.880. The highest BCUT2D eigenvalue weighted by molar-refractivity contribution is 5.48. The van der Waals surface area contributed by atoms with Crippen LogP contribution in [0, 0.1) is 11.7 Å². The first kappa shape index (κ1) is 15.1. The minimum atomic E-state index is -4.44. The van der Waals surface area contributed by atoms with Crippen molar-refractivity contribution < 1.29 is 17.6 Å². The van der Waals surface area contributed by atoms with Crippen LogP contribution in [0.3, 0.4) is 0 Å². The van der Waals surface area contributed by atoms with Crippen LogP contribution in [0.1, 0.15) is 44.1 Å². The fourth-order valence-corrected chi connectivity index (χ4v) is 2.72. The fraction of sp³-hybridized carbons (Fsp3) is 0.600. The van der Waals surface area contributed by atoms with E-state index in [9.17, 15) is 17.6 Å². The summed E-state index contributed by atoms with van der Waals surface area (Å²) in [5.74, 6) is -0.0215. The van der Waals surface area contributed by atoms with Gasteiger partial charge in [-0.15, -0.1) is 0 Å². The van der Waals surface area contributed by atoms with Crippen molar-refractivity contribution in [2.75, 3.05) is 11.9 Å². The van der Waals surface area contributed by atoms with Crippen molar-refractivity contribution in [3.63, 3.8) is 0 Å². The normalized spacial score (nSPS) is 17.2. The Morgan fingerprint density at radius 2 is 1.80 bits per heavy atom. The zero-order chi connectivity index (χ0) is 14.6. The molecule has 0 heterocycles. The average molecular weight is 289 g/mol. The summed E-state index contributed by atoms with van der Waals surface area (Å²) in [5, 5.41) is 2.80. The molecule has 1 N–H and O–H groups in total. The van der Waals surface area contributed by atoms with Gasteiger partial charge in [0, 0.05) is 6.54 Å². The first-order valence-electron chi connectivity index (χ1n) is 7.07. The quantitative estimate of drug-likeness (QED) is 0.749. The summed E-state index contributed by atoms with van der Waals surface area (Å²) in [6.45, 7) is 0.517. The number of nitrogens with one attached hydrogen (secondary N) is 1. The maximum Gasteiger partial charge on any atom is 0.416 e. The summed E-state index contributed by atoms with van der Waals surface area (Å²) < 4.78 is 51.2. The third-order valence-electron chi connectivity index (χ3n) is 3.89. The molecule has 20 heavy (non-hydrogen) atoms. The van der Waals surface area contributed by atoms with Gasteiger partial charge in [-0.3, -0.25) is 0 Å². The summed E-state index contributed by atoms with van der Waals surface area (Å²) >= 11 is 0. The van der Waals surface area contributed by atoms with Crippen molar-refractivity contribution >= 4 is 5.69 Å². The smallest absolute Gasteiger partial charge is 0.383 e. The van der Waals surface area contributed by atoms with Crippen LogP contribution < -0.4 is 5.32 Å². The Labute approximate surface area is 116 Å². The van der Waals surface area contributed by atoms with Crippen LogP contribution in [0.2, 0.25) is 0 Å². The Balaban J connectivity index is 1.91. The van der Waals surface area contributed by atoms with Crippen LogP contribution in [0.4, 0.5) is 23.2 Å². The molecule has 0 aromatic heterocycles. The molecule has 1 aromatic carbocycles. The van der Waals surface area contributed by atoms with E-state index in [2.05, 4.69) is 5.32 Å². The van der Waals surface area contributed by atoms with Crippen molar-refractivity contribution in [1.82, 2.24) is 0 Å². The number of anilines is 1. The minimum Gasteiger partial charge on any atom is -0.383 e. The Hall–Kier alpha value is -1.26. The van der Waals surface area contributed by atoms with Gasteiger partial charge in [-0.05, 0) is 30.5 Å². The van der Waals surface area contributed by atoms with Gasteiger partial charge < -0.3 is 5.32 Å². The molecule has 1 nitrogen and oxygen atoms in total. The van der Waals surface area contributed by atoms with E-state index in [1.54, 1.807) is 0 Å². The predicted octanol–water partition coefficient (Wildman–Crippen LogP) is 5.23. The molecule has 1 saturated carbocycles. The van der Waals surface area contributed by atoms with Gasteiger partial charge in [0.25, 0.3) is 0 Å². The molecule has 1 aliphatic rings. The first-order chi connectivity index (χ1) is 9.47. The number of benzene rings is 1. The molecule has 0 amide bonds. The van der Waals surface area contributed by atoms with Gasteiger partial charge in [-0.1, -0.05) is 32.1 Å². The Kier molecular flexibility index (Phi) is 4.89. The molecule has 0 bridgehead atoms. The topological polar surface area (TPSA) is 12.0 Å². The second kappa shape index (κ2) is 6.46. The number of hydrogen-bond acceptors (Lipinski definition) is 1. The third kappa shape index (κ3) is 4.12. The second-order valence-electron chi connectivity index (χ2n) is 5.41. The first-order valence-corrected chi connectivity index (χ1v) is 7.07. The van der Waals surface area contributed by atoms with Gasteiger partial charge in [0.05, 0.1) is 11.3 Å². The molecule has 0 radical (unpaired) electrons. The van der Waals surface area contributed by atoms with E-state index in [-0.39, 0.29) is 5.69 Å². The predicted molar refractivity (Wildman–Crippen MR) is 71.1 cm³/mol. The highest BCUT2D eigenvalue weighted by Crippen LogP contribution is 2.32. The Morgan fingerprint density at radius 1 is 1.10 bits per heavy atom. The monoisotopic (exact) mass is 289 g/mol. The standard InChI is InChI=1S/C15H19F4N/c16-13-7-6-12(15(17,18)19)10-14(13)20-9-8-11-4-2-1-3-5-11/h6-7,10-11,20H,1-5,8-9H2. The average Bonchev–Trinajstić information content (AvgIpc) is 2.41. The molecule has 0 unspecified atom stereocenters.